The largest absolute Gasteiger partial charge is 0.488 e. The summed E-state index contributed by atoms with van der Waals surface area (Å²) in [5, 5.41) is 30.8. The Labute approximate surface area is 112 Å². The van der Waals surface area contributed by atoms with E-state index >= 15 is 0 Å². The van der Waals surface area contributed by atoms with Gasteiger partial charge in [0.15, 0.2) is 11.4 Å². The molecule has 2 aliphatic rings. The predicted octanol–water partition coefficient (Wildman–Crippen LogP) is 0.297. The maximum absolute atomic E-state index is 11.9. The van der Waals surface area contributed by atoms with Crippen molar-refractivity contribution in [2.24, 2.45) is 5.92 Å². The van der Waals surface area contributed by atoms with E-state index in [2.05, 4.69) is 6.58 Å². The van der Waals surface area contributed by atoms with Crippen LogP contribution in [0.15, 0.2) is 24.5 Å². The molecule has 4 unspecified atom stereocenters. The monoisotopic (exact) mass is 268 g/mol. The zero-order chi connectivity index (χ0) is 14.4. The van der Waals surface area contributed by atoms with Gasteiger partial charge in [-0.3, -0.25) is 4.79 Å². The molecule has 0 aromatic heterocycles. The maximum Gasteiger partial charge on any atom is 0.165 e. The quantitative estimate of drug-likeness (QED) is 0.641. The van der Waals surface area contributed by atoms with Gasteiger partial charge < -0.3 is 20.1 Å². The minimum Gasteiger partial charge on any atom is -0.488 e. The van der Waals surface area contributed by atoms with Crippen molar-refractivity contribution in [3.63, 3.8) is 0 Å². The summed E-state index contributed by atoms with van der Waals surface area (Å²) in [5.41, 5.74) is -2.77. The van der Waals surface area contributed by atoms with Gasteiger partial charge >= 0.3 is 0 Å². The van der Waals surface area contributed by atoms with E-state index in [9.17, 15) is 20.1 Å². The molecule has 1 saturated heterocycles. The average molecular weight is 268 g/mol. The Morgan fingerprint density at radius 2 is 2.26 bits per heavy atom. The van der Waals surface area contributed by atoms with Crippen molar-refractivity contribution >= 4 is 5.78 Å². The second-order valence-electron chi connectivity index (χ2n) is 5.88. The van der Waals surface area contributed by atoms with Gasteiger partial charge in [0.05, 0.1) is 11.5 Å². The SMILES string of the molecule is C=CCC1C(=O)C=C2OC(C(C)(C)O)CC2(O)C1O. The minimum atomic E-state index is -1.60. The van der Waals surface area contributed by atoms with Crippen molar-refractivity contribution in [3.05, 3.63) is 24.5 Å². The number of carbonyl (C=O) groups excluding carboxylic acids is 1. The first-order chi connectivity index (χ1) is 8.70. The number of hydrogen-bond donors (Lipinski definition) is 3. The van der Waals surface area contributed by atoms with E-state index in [4.69, 9.17) is 4.74 Å². The molecule has 0 amide bonds. The Balaban J connectivity index is 2.34. The zero-order valence-corrected chi connectivity index (χ0v) is 11.2. The number of allylic oxidation sites excluding steroid dienone is 2. The number of aliphatic hydroxyl groups is 3. The Hall–Kier alpha value is -1.17. The molecule has 0 aromatic rings. The highest BCUT2D eigenvalue weighted by molar-refractivity contribution is 5.94. The number of aliphatic hydroxyl groups excluding tert-OH is 1. The fourth-order valence-electron chi connectivity index (χ4n) is 2.65. The molecule has 19 heavy (non-hydrogen) atoms. The second kappa shape index (κ2) is 4.44. The van der Waals surface area contributed by atoms with E-state index in [0.29, 0.717) is 6.42 Å². The van der Waals surface area contributed by atoms with Crippen LogP contribution in [0.3, 0.4) is 0 Å². The van der Waals surface area contributed by atoms with Crippen molar-refractivity contribution in [2.75, 3.05) is 0 Å². The predicted molar refractivity (Wildman–Crippen MR) is 68.1 cm³/mol. The van der Waals surface area contributed by atoms with Crippen molar-refractivity contribution in [1.29, 1.82) is 0 Å². The third-order valence-corrected chi connectivity index (χ3v) is 3.91. The molecule has 1 aliphatic heterocycles. The molecule has 5 heteroatoms. The van der Waals surface area contributed by atoms with Gasteiger partial charge in [0.1, 0.15) is 18.0 Å². The summed E-state index contributed by atoms with van der Waals surface area (Å²) in [4.78, 5) is 11.9. The van der Waals surface area contributed by atoms with Gasteiger partial charge in [0.2, 0.25) is 0 Å². The third-order valence-electron chi connectivity index (χ3n) is 3.91. The van der Waals surface area contributed by atoms with E-state index in [1.165, 1.54) is 12.2 Å². The van der Waals surface area contributed by atoms with Crippen LogP contribution in [0, 0.1) is 5.92 Å². The van der Waals surface area contributed by atoms with Crippen LogP contribution in [-0.2, 0) is 9.53 Å². The number of carbonyl (C=O) groups is 1. The van der Waals surface area contributed by atoms with Crippen LogP contribution in [0.4, 0.5) is 0 Å². The van der Waals surface area contributed by atoms with Crippen LogP contribution in [0.1, 0.15) is 26.7 Å². The summed E-state index contributed by atoms with van der Waals surface area (Å²) in [6.45, 7) is 6.68. The van der Waals surface area contributed by atoms with Gasteiger partial charge in [-0.15, -0.1) is 6.58 Å². The average Bonchev–Trinajstić information content (AvgIpc) is 2.63. The number of fused-ring (bicyclic) bond motifs is 1. The smallest absolute Gasteiger partial charge is 0.165 e. The summed E-state index contributed by atoms with van der Waals surface area (Å²) in [6.07, 6.45) is 1.21. The fourth-order valence-corrected chi connectivity index (χ4v) is 2.65. The van der Waals surface area contributed by atoms with E-state index in [0.717, 1.165) is 0 Å². The second-order valence-corrected chi connectivity index (χ2v) is 5.88. The lowest BCUT2D eigenvalue weighted by Gasteiger charge is -2.35. The van der Waals surface area contributed by atoms with Crippen LogP contribution in [0.25, 0.3) is 0 Å². The van der Waals surface area contributed by atoms with Crippen molar-refractivity contribution < 1.29 is 24.9 Å². The van der Waals surface area contributed by atoms with Crippen LogP contribution >= 0.6 is 0 Å². The molecule has 0 saturated carbocycles. The van der Waals surface area contributed by atoms with E-state index in [1.807, 2.05) is 0 Å². The summed E-state index contributed by atoms with van der Waals surface area (Å²) in [6, 6.07) is 0. The molecule has 0 bridgehead atoms. The number of ketones is 1. The first kappa shape index (κ1) is 14.2. The Morgan fingerprint density at radius 3 is 2.79 bits per heavy atom. The van der Waals surface area contributed by atoms with Gasteiger partial charge in [-0.1, -0.05) is 6.08 Å². The standard InChI is InChI=1S/C14H20O5/c1-4-5-8-9(15)6-10-14(18,12(8)16)7-11(19-10)13(2,3)17/h4,6,8,11-12,16-18H,1,5,7H2,2-3H3. The zero-order valence-electron chi connectivity index (χ0n) is 11.2. The molecule has 106 valence electrons. The fraction of sp³-hybridized carbons (Fsp3) is 0.643. The van der Waals surface area contributed by atoms with E-state index in [1.54, 1.807) is 13.8 Å². The van der Waals surface area contributed by atoms with Crippen LogP contribution < -0.4 is 0 Å². The molecule has 2 rings (SSSR count). The normalized spacial score (nSPS) is 38.5. The van der Waals surface area contributed by atoms with Crippen LogP contribution in [0.5, 0.6) is 0 Å². The van der Waals surface area contributed by atoms with Crippen LogP contribution in [-0.4, -0.2) is 44.5 Å². The third kappa shape index (κ3) is 2.22. The molecule has 1 aliphatic carbocycles. The summed E-state index contributed by atoms with van der Waals surface area (Å²) < 4.78 is 5.45. The number of rotatable bonds is 3. The highest BCUT2D eigenvalue weighted by atomic mass is 16.5. The van der Waals surface area contributed by atoms with Gasteiger partial charge in [-0.05, 0) is 20.3 Å². The lowest BCUT2D eigenvalue weighted by Crippen LogP contribution is -2.51. The number of ether oxygens (including phenoxy) is 1. The molecular weight excluding hydrogens is 248 g/mol. The first-order valence-corrected chi connectivity index (χ1v) is 6.36. The number of hydrogen-bond acceptors (Lipinski definition) is 5. The van der Waals surface area contributed by atoms with Crippen molar-refractivity contribution in [1.82, 2.24) is 0 Å². The molecule has 1 fully saturated rings. The maximum atomic E-state index is 11.9. The first-order valence-electron chi connectivity index (χ1n) is 6.36. The highest BCUT2D eigenvalue weighted by Gasteiger charge is 2.57. The molecule has 3 N–H and O–H groups in total. The van der Waals surface area contributed by atoms with Gasteiger partial charge in [-0.2, -0.15) is 0 Å². The molecule has 4 atom stereocenters. The molecule has 1 heterocycles. The molecule has 0 aromatic carbocycles. The summed E-state index contributed by atoms with van der Waals surface area (Å²) in [7, 11) is 0. The lowest BCUT2D eigenvalue weighted by atomic mass is 9.74. The Morgan fingerprint density at radius 1 is 1.63 bits per heavy atom. The Bertz CT molecular complexity index is 434. The highest BCUT2D eigenvalue weighted by Crippen LogP contribution is 2.45. The van der Waals surface area contributed by atoms with Crippen LogP contribution in [0.2, 0.25) is 0 Å². The van der Waals surface area contributed by atoms with Crippen molar-refractivity contribution in [3.8, 4) is 0 Å². The van der Waals surface area contributed by atoms with E-state index in [-0.39, 0.29) is 18.0 Å². The topological polar surface area (TPSA) is 87.0 Å². The van der Waals surface area contributed by atoms with Crippen molar-refractivity contribution in [2.45, 2.75) is 50.1 Å². The molecule has 5 nitrogen and oxygen atoms in total. The summed E-state index contributed by atoms with van der Waals surface area (Å²) >= 11 is 0. The summed E-state index contributed by atoms with van der Waals surface area (Å²) in [5.74, 6) is -0.948. The van der Waals surface area contributed by atoms with E-state index < -0.39 is 29.3 Å². The minimum absolute atomic E-state index is 0.0532. The molecule has 0 radical (unpaired) electrons. The molecule has 0 spiro atoms. The van der Waals surface area contributed by atoms with Gasteiger partial charge in [-0.25, -0.2) is 0 Å². The van der Waals surface area contributed by atoms with Gasteiger partial charge in [0.25, 0.3) is 0 Å². The van der Waals surface area contributed by atoms with Gasteiger partial charge in [0, 0.05) is 12.5 Å². The molecular formula is C14H20O5. The Kier molecular flexibility index (Phi) is 3.33. The lowest BCUT2D eigenvalue weighted by molar-refractivity contribution is -0.134.